The highest BCUT2D eigenvalue weighted by Crippen LogP contribution is 2.51. The van der Waals surface area contributed by atoms with Gasteiger partial charge in [0.25, 0.3) is 0 Å². The minimum Gasteiger partial charge on any atom is -0.355 e. The van der Waals surface area contributed by atoms with Crippen molar-refractivity contribution in [3.05, 3.63) is 66.5 Å². The summed E-state index contributed by atoms with van der Waals surface area (Å²) in [5.74, 6) is 1.60. The third-order valence-electron chi connectivity index (χ3n) is 4.76. The molecule has 3 aromatic rings. The number of nitrogens with one attached hydrogen (secondary N) is 3. The number of thioether (sulfide) groups is 1. The molecule has 1 saturated carbocycles. The molecule has 28 heavy (non-hydrogen) atoms. The summed E-state index contributed by atoms with van der Waals surface area (Å²) in [5.41, 5.74) is 2.19. The average molecular weight is 393 g/mol. The number of hydrogen-bond acceptors (Lipinski definition) is 4. The van der Waals surface area contributed by atoms with Gasteiger partial charge in [-0.25, -0.2) is 4.98 Å². The molecule has 0 saturated heterocycles. The zero-order chi connectivity index (χ0) is 19.2. The monoisotopic (exact) mass is 392 g/mol. The van der Waals surface area contributed by atoms with E-state index in [1.54, 1.807) is 0 Å². The van der Waals surface area contributed by atoms with Crippen LogP contribution < -0.4 is 10.6 Å². The van der Waals surface area contributed by atoms with Crippen LogP contribution in [0.1, 0.15) is 18.4 Å². The molecule has 7 heteroatoms. The van der Waals surface area contributed by atoms with E-state index in [4.69, 9.17) is 0 Å². The second-order valence-corrected chi connectivity index (χ2v) is 8.45. The molecule has 3 N–H and O–H groups in total. The van der Waals surface area contributed by atoms with E-state index in [1.807, 2.05) is 30.9 Å². The molecule has 0 aliphatic heterocycles. The van der Waals surface area contributed by atoms with E-state index in [1.165, 1.54) is 24.1 Å². The van der Waals surface area contributed by atoms with Gasteiger partial charge in [-0.2, -0.15) is 5.10 Å². The molecule has 0 bridgehead atoms. The van der Waals surface area contributed by atoms with Crippen LogP contribution in [-0.2, 0) is 6.54 Å². The molecule has 0 atom stereocenters. The predicted octanol–water partition coefficient (Wildman–Crippen LogP) is 3.46. The third-order valence-corrected chi connectivity index (χ3v) is 6.26. The van der Waals surface area contributed by atoms with Gasteiger partial charge in [0, 0.05) is 35.3 Å². The molecule has 1 aliphatic rings. The van der Waals surface area contributed by atoms with Crippen molar-refractivity contribution in [2.75, 3.05) is 13.6 Å². The Morgan fingerprint density at radius 2 is 2.00 bits per heavy atom. The molecule has 144 valence electrons. The topological polar surface area (TPSA) is 78.0 Å². The lowest BCUT2D eigenvalue weighted by Crippen LogP contribution is -2.40. The van der Waals surface area contributed by atoms with Crippen LogP contribution in [0.4, 0.5) is 0 Å². The van der Waals surface area contributed by atoms with Crippen LogP contribution in [0.25, 0.3) is 11.4 Å². The predicted molar refractivity (Wildman–Crippen MR) is 114 cm³/mol. The number of hydrogen-bond donors (Lipinski definition) is 3. The largest absolute Gasteiger partial charge is 0.355 e. The van der Waals surface area contributed by atoms with Crippen molar-refractivity contribution < 1.29 is 0 Å². The molecule has 4 rings (SSSR count). The molecule has 0 unspecified atom stereocenters. The fourth-order valence-corrected chi connectivity index (χ4v) is 4.26. The van der Waals surface area contributed by atoms with Crippen LogP contribution in [0, 0.1) is 0 Å². The summed E-state index contributed by atoms with van der Waals surface area (Å²) in [7, 11) is 1.81. The molecule has 2 aromatic carbocycles. The van der Waals surface area contributed by atoms with Crippen molar-refractivity contribution in [1.82, 2.24) is 25.8 Å². The summed E-state index contributed by atoms with van der Waals surface area (Å²) in [4.78, 5) is 9.91. The molecule has 1 fully saturated rings. The van der Waals surface area contributed by atoms with Gasteiger partial charge in [0.15, 0.2) is 11.8 Å². The van der Waals surface area contributed by atoms with Gasteiger partial charge in [0.2, 0.25) is 0 Å². The third kappa shape index (κ3) is 4.72. The standard InChI is InChI=1S/C21H24N6S/c1-22-20(24-14-21(10-11-21)28-18-8-3-2-4-9-18)23-13-16-6-5-7-17(12-16)19-25-15-26-27-19/h2-9,12,15H,10-11,13-14H2,1H3,(H2,22,23,24)(H,25,26,27). The quantitative estimate of drug-likeness (QED) is 0.424. The Morgan fingerprint density at radius 3 is 2.71 bits per heavy atom. The molecule has 6 nitrogen and oxygen atoms in total. The van der Waals surface area contributed by atoms with Crippen molar-refractivity contribution in [2.24, 2.45) is 4.99 Å². The van der Waals surface area contributed by atoms with Crippen molar-refractivity contribution in [3.8, 4) is 11.4 Å². The second kappa shape index (κ2) is 8.48. The van der Waals surface area contributed by atoms with E-state index in [-0.39, 0.29) is 4.75 Å². The van der Waals surface area contributed by atoms with Gasteiger partial charge in [-0.15, -0.1) is 11.8 Å². The number of guanidine groups is 1. The lowest BCUT2D eigenvalue weighted by Gasteiger charge is -2.18. The number of aromatic amines is 1. The minimum atomic E-state index is 0.283. The Labute approximate surface area is 169 Å². The molecular formula is C21H24N6S. The van der Waals surface area contributed by atoms with Gasteiger partial charge < -0.3 is 10.6 Å². The summed E-state index contributed by atoms with van der Waals surface area (Å²) < 4.78 is 0.283. The lowest BCUT2D eigenvalue weighted by atomic mass is 10.1. The van der Waals surface area contributed by atoms with Crippen LogP contribution in [0.3, 0.4) is 0 Å². The van der Waals surface area contributed by atoms with Crippen molar-refractivity contribution in [2.45, 2.75) is 29.0 Å². The first-order valence-electron chi connectivity index (χ1n) is 9.40. The SMILES string of the molecule is CN=C(NCc1cccc(-c2ncn[nH]2)c1)NCC1(Sc2ccccc2)CC1. The van der Waals surface area contributed by atoms with E-state index >= 15 is 0 Å². The fourth-order valence-electron chi connectivity index (χ4n) is 3.02. The van der Waals surface area contributed by atoms with Crippen molar-refractivity contribution >= 4 is 17.7 Å². The van der Waals surface area contributed by atoms with Gasteiger partial charge in [-0.3, -0.25) is 10.1 Å². The smallest absolute Gasteiger partial charge is 0.191 e. The Bertz CT molecular complexity index is 919. The van der Waals surface area contributed by atoms with Crippen LogP contribution >= 0.6 is 11.8 Å². The van der Waals surface area contributed by atoms with E-state index in [0.717, 1.165) is 29.5 Å². The molecule has 0 spiro atoms. The van der Waals surface area contributed by atoms with Gasteiger partial charge in [0.1, 0.15) is 6.33 Å². The fraction of sp³-hybridized carbons (Fsp3) is 0.286. The average Bonchev–Trinajstić information content (AvgIpc) is 3.27. The Kier molecular flexibility index (Phi) is 5.62. The summed E-state index contributed by atoms with van der Waals surface area (Å²) >= 11 is 1.96. The molecule has 0 radical (unpaired) electrons. The molecule has 1 heterocycles. The first-order chi connectivity index (χ1) is 13.8. The number of benzene rings is 2. The number of aromatic nitrogens is 3. The Hall–Kier alpha value is -2.80. The van der Waals surface area contributed by atoms with Crippen molar-refractivity contribution in [1.29, 1.82) is 0 Å². The molecule has 1 aliphatic carbocycles. The normalized spacial score (nSPS) is 15.2. The maximum absolute atomic E-state index is 4.37. The van der Waals surface area contributed by atoms with E-state index < -0.39 is 0 Å². The molecule has 0 amide bonds. The molecular weight excluding hydrogens is 368 g/mol. The first-order valence-corrected chi connectivity index (χ1v) is 10.2. The number of nitrogens with zero attached hydrogens (tertiary/aromatic N) is 3. The van der Waals surface area contributed by atoms with E-state index in [9.17, 15) is 0 Å². The van der Waals surface area contributed by atoms with Gasteiger partial charge in [0.05, 0.1) is 0 Å². The zero-order valence-electron chi connectivity index (χ0n) is 15.9. The second-order valence-electron chi connectivity index (χ2n) is 6.91. The first kappa shape index (κ1) is 18.6. The van der Waals surface area contributed by atoms with Gasteiger partial charge in [-0.1, -0.05) is 36.4 Å². The number of rotatable bonds is 7. The maximum atomic E-state index is 4.37. The minimum absolute atomic E-state index is 0.283. The maximum Gasteiger partial charge on any atom is 0.191 e. The van der Waals surface area contributed by atoms with Crippen LogP contribution in [0.5, 0.6) is 0 Å². The van der Waals surface area contributed by atoms with Crippen LogP contribution in [0.15, 0.2) is 70.8 Å². The van der Waals surface area contributed by atoms with Crippen molar-refractivity contribution in [3.63, 3.8) is 0 Å². The van der Waals surface area contributed by atoms with Gasteiger partial charge >= 0.3 is 0 Å². The Balaban J connectivity index is 1.30. The highest BCUT2D eigenvalue weighted by atomic mass is 32.2. The van der Waals surface area contributed by atoms with Crippen LogP contribution in [-0.4, -0.2) is 39.5 Å². The molecule has 1 aromatic heterocycles. The Morgan fingerprint density at radius 1 is 1.14 bits per heavy atom. The number of H-pyrrole nitrogens is 1. The lowest BCUT2D eigenvalue weighted by molar-refractivity contribution is 0.766. The highest BCUT2D eigenvalue weighted by Gasteiger charge is 2.43. The van der Waals surface area contributed by atoms with Gasteiger partial charge in [-0.05, 0) is 36.6 Å². The summed E-state index contributed by atoms with van der Waals surface area (Å²) in [5, 5.41) is 13.7. The van der Waals surface area contributed by atoms with E-state index in [0.29, 0.717) is 6.54 Å². The summed E-state index contributed by atoms with van der Waals surface area (Å²) in [6, 6.07) is 18.9. The zero-order valence-corrected chi connectivity index (χ0v) is 16.7. The van der Waals surface area contributed by atoms with Crippen LogP contribution in [0.2, 0.25) is 0 Å². The van der Waals surface area contributed by atoms with E-state index in [2.05, 4.69) is 73.3 Å². The summed E-state index contributed by atoms with van der Waals surface area (Å²) in [6.45, 7) is 1.60. The highest BCUT2D eigenvalue weighted by molar-refractivity contribution is 8.01. The summed E-state index contributed by atoms with van der Waals surface area (Å²) in [6.07, 6.45) is 3.98. The number of aliphatic imine (C=N–C) groups is 1.